The molecule has 0 aromatic carbocycles. The van der Waals surface area contributed by atoms with Crippen molar-refractivity contribution in [2.24, 2.45) is 0 Å². The highest BCUT2D eigenvalue weighted by molar-refractivity contribution is 5.92. The van der Waals surface area contributed by atoms with Crippen LogP contribution in [0.4, 0.5) is 5.82 Å². The van der Waals surface area contributed by atoms with Crippen molar-refractivity contribution in [3.8, 4) is 0 Å². The summed E-state index contributed by atoms with van der Waals surface area (Å²) in [4.78, 5) is 24.5. The predicted octanol–water partition coefficient (Wildman–Crippen LogP) is 1.21. The number of rotatable bonds is 4. The van der Waals surface area contributed by atoms with Crippen LogP contribution in [0, 0.1) is 0 Å². The summed E-state index contributed by atoms with van der Waals surface area (Å²) in [6.07, 6.45) is 6.03. The smallest absolute Gasteiger partial charge is 0.341 e. The molecule has 0 aliphatic carbocycles. The fraction of sp³-hybridized carbons (Fsp3) is 0.167. The highest BCUT2D eigenvalue weighted by atomic mass is 16.4. The van der Waals surface area contributed by atoms with Crippen molar-refractivity contribution in [2.45, 2.75) is 6.54 Å². The summed E-state index contributed by atoms with van der Waals surface area (Å²) in [6, 6.07) is 3.75. The average molecular weight is 244 g/mol. The maximum absolute atomic E-state index is 11.1. The van der Waals surface area contributed by atoms with Gasteiger partial charge in [-0.3, -0.25) is 4.98 Å². The molecule has 0 aliphatic rings. The molecular formula is C12H12N4O2. The zero-order chi connectivity index (χ0) is 13.0. The summed E-state index contributed by atoms with van der Waals surface area (Å²) in [7, 11) is 1.79. The van der Waals surface area contributed by atoms with Crippen LogP contribution >= 0.6 is 0 Å². The largest absolute Gasteiger partial charge is 0.477 e. The number of pyridine rings is 1. The predicted molar refractivity (Wildman–Crippen MR) is 65.3 cm³/mol. The fourth-order valence-corrected chi connectivity index (χ4v) is 1.62. The van der Waals surface area contributed by atoms with Gasteiger partial charge in [0.1, 0.15) is 17.7 Å². The van der Waals surface area contributed by atoms with Crippen LogP contribution < -0.4 is 4.90 Å². The van der Waals surface area contributed by atoms with E-state index in [4.69, 9.17) is 5.11 Å². The number of carboxylic acids is 1. The van der Waals surface area contributed by atoms with E-state index in [1.165, 1.54) is 12.5 Å². The Hall–Kier alpha value is -2.50. The molecule has 0 radical (unpaired) electrons. The van der Waals surface area contributed by atoms with Gasteiger partial charge in [-0.1, -0.05) is 0 Å². The van der Waals surface area contributed by atoms with Crippen molar-refractivity contribution in [2.75, 3.05) is 11.9 Å². The number of aromatic nitrogens is 3. The van der Waals surface area contributed by atoms with Crippen LogP contribution in [0.5, 0.6) is 0 Å². The highest BCUT2D eigenvalue weighted by Gasteiger charge is 2.15. The van der Waals surface area contributed by atoms with E-state index in [0.717, 1.165) is 5.56 Å². The Balaban J connectivity index is 2.24. The minimum Gasteiger partial charge on any atom is -0.477 e. The average Bonchev–Trinajstić information content (AvgIpc) is 2.40. The number of carbonyl (C=O) groups is 1. The Bertz CT molecular complexity index is 545. The number of aromatic carboxylic acids is 1. The van der Waals surface area contributed by atoms with Crippen molar-refractivity contribution in [1.29, 1.82) is 0 Å². The lowest BCUT2D eigenvalue weighted by Crippen LogP contribution is -2.21. The van der Waals surface area contributed by atoms with Crippen molar-refractivity contribution in [1.82, 2.24) is 15.0 Å². The third kappa shape index (κ3) is 2.60. The van der Waals surface area contributed by atoms with Crippen LogP contribution in [0.3, 0.4) is 0 Å². The van der Waals surface area contributed by atoms with Gasteiger partial charge in [-0.25, -0.2) is 14.8 Å². The van der Waals surface area contributed by atoms with Crippen LogP contribution in [0.15, 0.2) is 37.1 Å². The molecule has 0 bridgehead atoms. The molecule has 2 rings (SSSR count). The molecule has 0 saturated carbocycles. The van der Waals surface area contributed by atoms with E-state index in [-0.39, 0.29) is 5.56 Å². The van der Waals surface area contributed by atoms with Crippen molar-refractivity contribution < 1.29 is 9.90 Å². The molecule has 2 aromatic rings. The maximum Gasteiger partial charge on any atom is 0.341 e. The first-order valence-corrected chi connectivity index (χ1v) is 5.32. The first kappa shape index (κ1) is 12.0. The van der Waals surface area contributed by atoms with Gasteiger partial charge >= 0.3 is 5.97 Å². The zero-order valence-corrected chi connectivity index (χ0v) is 9.82. The number of anilines is 1. The number of nitrogens with zero attached hydrogens (tertiary/aromatic N) is 4. The summed E-state index contributed by atoms with van der Waals surface area (Å²) in [5, 5.41) is 9.06. The van der Waals surface area contributed by atoms with Crippen LogP contribution in [0.1, 0.15) is 15.9 Å². The first-order chi connectivity index (χ1) is 8.68. The molecule has 0 amide bonds. The Morgan fingerprint density at radius 3 is 2.72 bits per heavy atom. The van der Waals surface area contributed by atoms with E-state index in [0.29, 0.717) is 12.4 Å². The van der Waals surface area contributed by atoms with Gasteiger partial charge in [-0.2, -0.15) is 0 Å². The summed E-state index contributed by atoms with van der Waals surface area (Å²) < 4.78 is 0. The number of carboxylic acid groups (broad SMARTS) is 1. The molecular weight excluding hydrogens is 232 g/mol. The van der Waals surface area contributed by atoms with E-state index < -0.39 is 5.97 Å². The molecule has 18 heavy (non-hydrogen) atoms. The Morgan fingerprint density at radius 2 is 2.06 bits per heavy atom. The molecule has 6 nitrogen and oxygen atoms in total. The molecule has 0 spiro atoms. The third-order valence-corrected chi connectivity index (χ3v) is 2.45. The molecule has 0 unspecified atom stereocenters. The fourth-order valence-electron chi connectivity index (χ4n) is 1.62. The van der Waals surface area contributed by atoms with Crippen molar-refractivity contribution in [3.63, 3.8) is 0 Å². The highest BCUT2D eigenvalue weighted by Crippen LogP contribution is 2.16. The molecule has 2 heterocycles. The second kappa shape index (κ2) is 5.22. The van der Waals surface area contributed by atoms with E-state index >= 15 is 0 Å². The van der Waals surface area contributed by atoms with E-state index in [2.05, 4.69) is 15.0 Å². The summed E-state index contributed by atoms with van der Waals surface area (Å²) in [5.74, 6) is -0.638. The Morgan fingerprint density at radius 1 is 1.33 bits per heavy atom. The summed E-state index contributed by atoms with van der Waals surface area (Å²) in [6.45, 7) is 0.555. The van der Waals surface area contributed by atoms with Gasteiger partial charge in [0.15, 0.2) is 0 Å². The van der Waals surface area contributed by atoms with Crippen molar-refractivity contribution in [3.05, 3.63) is 48.2 Å². The standard InChI is InChI=1S/C12H12N4O2/c1-16(7-9-2-4-13-5-3-9)11-10(12(17)18)6-14-8-15-11/h2-6,8H,7H2,1H3,(H,17,18). The lowest BCUT2D eigenvalue weighted by molar-refractivity contribution is 0.0696. The van der Waals surface area contributed by atoms with E-state index in [1.807, 2.05) is 12.1 Å². The van der Waals surface area contributed by atoms with Crippen LogP contribution in [0.25, 0.3) is 0 Å². The number of hydrogen-bond acceptors (Lipinski definition) is 5. The lowest BCUT2D eigenvalue weighted by Gasteiger charge is -2.19. The minimum atomic E-state index is -1.04. The Labute approximate surface area is 104 Å². The van der Waals surface area contributed by atoms with E-state index in [1.54, 1.807) is 24.3 Å². The SMILES string of the molecule is CN(Cc1ccncc1)c1ncncc1C(=O)O. The van der Waals surface area contributed by atoms with Gasteiger partial charge < -0.3 is 10.0 Å². The minimum absolute atomic E-state index is 0.0917. The molecule has 0 aliphatic heterocycles. The normalized spacial score (nSPS) is 10.1. The molecule has 0 atom stereocenters. The third-order valence-electron chi connectivity index (χ3n) is 2.45. The van der Waals surface area contributed by atoms with Crippen LogP contribution in [0.2, 0.25) is 0 Å². The summed E-state index contributed by atoms with van der Waals surface area (Å²) in [5.41, 5.74) is 1.12. The van der Waals surface area contributed by atoms with Gasteiger partial charge in [-0.15, -0.1) is 0 Å². The van der Waals surface area contributed by atoms with Gasteiger partial charge in [0.05, 0.1) is 0 Å². The van der Waals surface area contributed by atoms with Crippen molar-refractivity contribution >= 4 is 11.8 Å². The molecule has 92 valence electrons. The van der Waals surface area contributed by atoms with Crippen LogP contribution in [-0.2, 0) is 6.54 Å². The second-order valence-corrected chi connectivity index (χ2v) is 3.78. The van der Waals surface area contributed by atoms with E-state index in [9.17, 15) is 4.79 Å². The maximum atomic E-state index is 11.1. The zero-order valence-electron chi connectivity index (χ0n) is 9.82. The summed E-state index contributed by atoms with van der Waals surface area (Å²) >= 11 is 0. The monoisotopic (exact) mass is 244 g/mol. The molecule has 0 saturated heterocycles. The second-order valence-electron chi connectivity index (χ2n) is 3.78. The topological polar surface area (TPSA) is 79.2 Å². The van der Waals surface area contributed by atoms with Crippen LogP contribution in [-0.4, -0.2) is 33.1 Å². The number of hydrogen-bond donors (Lipinski definition) is 1. The van der Waals surface area contributed by atoms with Gasteiger partial charge in [0, 0.05) is 32.2 Å². The van der Waals surface area contributed by atoms with Gasteiger partial charge in [0.2, 0.25) is 0 Å². The van der Waals surface area contributed by atoms with Gasteiger partial charge in [-0.05, 0) is 17.7 Å². The van der Waals surface area contributed by atoms with Gasteiger partial charge in [0.25, 0.3) is 0 Å². The molecule has 0 fully saturated rings. The quantitative estimate of drug-likeness (QED) is 0.870. The molecule has 2 aromatic heterocycles. The molecule has 1 N–H and O–H groups in total. The molecule has 6 heteroatoms. The first-order valence-electron chi connectivity index (χ1n) is 5.32. The lowest BCUT2D eigenvalue weighted by atomic mass is 10.2. The Kier molecular flexibility index (Phi) is 3.47.